The third kappa shape index (κ3) is 5.88. The average molecular weight is 395 g/mol. The van der Waals surface area contributed by atoms with Crippen molar-refractivity contribution in [1.82, 2.24) is 4.90 Å². The molecule has 0 spiro atoms. The molecule has 6 heteroatoms. The molecule has 0 atom stereocenters. The van der Waals surface area contributed by atoms with Crippen LogP contribution < -0.4 is 10.1 Å². The SMILES string of the molecule is COc1ccc(C(C)(C)C)cc1NC(=O)CSC(=S)N1CCC(C)CC1. The Morgan fingerprint density at radius 2 is 2.00 bits per heavy atom. The third-order valence-corrected chi connectivity index (χ3v) is 6.23. The van der Waals surface area contributed by atoms with Gasteiger partial charge in [-0.1, -0.05) is 57.7 Å². The smallest absolute Gasteiger partial charge is 0.234 e. The van der Waals surface area contributed by atoms with E-state index in [0.717, 1.165) is 28.9 Å². The molecule has 1 N–H and O–H groups in total. The molecule has 0 saturated carbocycles. The first-order valence-electron chi connectivity index (χ1n) is 9.10. The minimum Gasteiger partial charge on any atom is -0.495 e. The zero-order valence-electron chi connectivity index (χ0n) is 16.4. The lowest BCUT2D eigenvalue weighted by Gasteiger charge is -2.31. The van der Waals surface area contributed by atoms with Gasteiger partial charge in [-0.2, -0.15) is 0 Å². The van der Waals surface area contributed by atoms with Gasteiger partial charge in [-0.25, -0.2) is 0 Å². The lowest BCUT2D eigenvalue weighted by Crippen LogP contribution is -2.36. The van der Waals surface area contributed by atoms with Gasteiger partial charge in [0.05, 0.1) is 18.6 Å². The van der Waals surface area contributed by atoms with Gasteiger partial charge in [-0.3, -0.25) is 4.79 Å². The number of thiocarbonyl (C=S) groups is 1. The number of likely N-dealkylation sites (tertiary alicyclic amines) is 1. The quantitative estimate of drug-likeness (QED) is 0.751. The van der Waals surface area contributed by atoms with E-state index in [9.17, 15) is 4.79 Å². The summed E-state index contributed by atoms with van der Waals surface area (Å²) in [6.45, 7) is 10.7. The molecule has 0 aliphatic carbocycles. The predicted molar refractivity (Wildman–Crippen MR) is 115 cm³/mol. The Morgan fingerprint density at radius 1 is 1.35 bits per heavy atom. The number of carbonyl (C=O) groups excluding carboxylic acids is 1. The van der Waals surface area contributed by atoms with Gasteiger partial charge in [0.1, 0.15) is 10.1 Å². The number of nitrogens with zero attached hydrogens (tertiary/aromatic N) is 1. The molecule has 1 aliphatic heterocycles. The molecular formula is C20H30N2O2S2. The van der Waals surface area contributed by atoms with E-state index in [0.29, 0.717) is 17.2 Å². The van der Waals surface area contributed by atoms with E-state index in [1.165, 1.54) is 24.6 Å². The lowest BCUT2D eigenvalue weighted by atomic mass is 9.87. The van der Waals surface area contributed by atoms with Crippen LogP contribution >= 0.6 is 24.0 Å². The van der Waals surface area contributed by atoms with Crippen LogP contribution in [0.25, 0.3) is 0 Å². The molecule has 1 fully saturated rings. The van der Waals surface area contributed by atoms with E-state index in [1.54, 1.807) is 7.11 Å². The molecule has 26 heavy (non-hydrogen) atoms. The van der Waals surface area contributed by atoms with Crippen molar-refractivity contribution < 1.29 is 9.53 Å². The van der Waals surface area contributed by atoms with Crippen LogP contribution in [0.2, 0.25) is 0 Å². The van der Waals surface area contributed by atoms with Crippen LogP contribution in [0.3, 0.4) is 0 Å². The number of thioether (sulfide) groups is 1. The van der Waals surface area contributed by atoms with E-state index >= 15 is 0 Å². The second-order valence-electron chi connectivity index (χ2n) is 7.94. The average Bonchev–Trinajstić information content (AvgIpc) is 2.59. The van der Waals surface area contributed by atoms with E-state index in [-0.39, 0.29) is 11.3 Å². The van der Waals surface area contributed by atoms with Crippen LogP contribution in [0.1, 0.15) is 46.1 Å². The van der Waals surface area contributed by atoms with Crippen molar-refractivity contribution in [3.63, 3.8) is 0 Å². The monoisotopic (exact) mass is 394 g/mol. The summed E-state index contributed by atoms with van der Waals surface area (Å²) < 4.78 is 6.21. The van der Waals surface area contributed by atoms with Crippen LogP contribution in [-0.4, -0.2) is 41.1 Å². The number of benzene rings is 1. The summed E-state index contributed by atoms with van der Waals surface area (Å²) in [4.78, 5) is 14.6. The summed E-state index contributed by atoms with van der Waals surface area (Å²) in [6, 6.07) is 5.93. The van der Waals surface area contributed by atoms with Crippen molar-refractivity contribution >= 4 is 39.9 Å². The van der Waals surface area contributed by atoms with Gasteiger partial charge in [0.15, 0.2) is 0 Å². The number of carbonyl (C=O) groups is 1. The summed E-state index contributed by atoms with van der Waals surface area (Å²) in [5.41, 5.74) is 1.87. The van der Waals surface area contributed by atoms with Crippen molar-refractivity contribution in [2.24, 2.45) is 5.92 Å². The second kappa shape index (κ2) is 9.09. The molecule has 144 valence electrons. The highest BCUT2D eigenvalue weighted by Gasteiger charge is 2.20. The van der Waals surface area contributed by atoms with Crippen molar-refractivity contribution in [1.29, 1.82) is 0 Å². The summed E-state index contributed by atoms with van der Waals surface area (Å²) in [5.74, 6) is 1.69. The summed E-state index contributed by atoms with van der Waals surface area (Å²) >= 11 is 6.94. The second-order valence-corrected chi connectivity index (χ2v) is 9.55. The van der Waals surface area contributed by atoms with Crippen molar-refractivity contribution in [2.45, 2.75) is 46.0 Å². The van der Waals surface area contributed by atoms with Gasteiger partial charge in [-0.05, 0) is 41.9 Å². The van der Waals surface area contributed by atoms with E-state index < -0.39 is 0 Å². The van der Waals surface area contributed by atoms with Crippen molar-refractivity contribution in [3.8, 4) is 5.75 Å². The van der Waals surface area contributed by atoms with Crippen LogP contribution in [0.4, 0.5) is 5.69 Å². The van der Waals surface area contributed by atoms with Gasteiger partial charge in [-0.15, -0.1) is 0 Å². The molecule has 0 bridgehead atoms. The molecule has 1 aromatic rings. The minimum atomic E-state index is -0.0629. The molecule has 0 radical (unpaired) electrons. The van der Waals surface area contributed by atoms with Crippen molar-refractivity contribution in [3.05, 3.63) is 23.8 Å². The number of ether oxygens (including phenoxy) is 1. The maximum atomic E-state index is 12.4. The lowest BCUT2D eigenvalue weighted by molar-refractivity contribution is -0.113. The van der Waals surface area contributed by atoms with Gasteiger partial charge < -0.3 is 15.0 Å². The largest absolute Gasteiger partial charge is 0.495 e. The normalized spacial score (nSPS) is 15.7. The van der Waals surface area contributed by atoms with E-state index in [2.05, 4.69) is 37.9 Å². The Hall–Kier alpha value is -1.27. The standard InChI is InChI=1S/C20H30N2O2S2/c1-14-8-10-22(11-9-14)19(25)26-13-18(23)21-16-12-15(20(2,3)4)6-7-17(16)24-5/h6-7,12,14H,8-11,13H2,1-5H3,(H,21,23). The van der Waals surface area contributed by atoms with Gasteiger partial charge >= 0.3 is 0 Å². The Kier molecular flexibility index (Phi) is 7.35. The number of rotatable bonds is 4. The molecule has 0 unspecified atom stereocenters. The van der Waals surface area contributed by atoms with E-state index in [4.69, 9.17) is 17.0 Å². The molecule has 1 aromatic carbocycles. The Morgan fingerprint density at radius 3 is 2.58 bits per heavy atom. The van der Waals surface area contributed by atoms with Crippen LogP contribution in [0, 0.1) is 5.92 Å². The summed E-state index contributed by atoms with van der Waals surface area (Å²) in [7, 11) is 1.61. The van der Waals surface area contributed by atoms with Crippen LogP contribution in [0.5, 0.6) is 5.75 Å². The van der Waals surface area contributed by atoms with Gasteiger partial charge in [0, 0.05) is 13.1 Å². The fourth-order valence-corrected chi connectivity index (χ4v) is 3.92. The maximum Gasteiger partial charge on any atom is 0.234 e. The highest BCUT2D eigenvalue weighted by Crippen LogP contribution is 2.31. The number of piperidine rings is 1. The van der Waals surface area contributed by atoms with Crippen LogP contribution in [0.15, 0.2) is 18.2 Å². The number of anilines is 1. The molecule has 1 heterocycles. The number of amides is 1. The fourth-order valence-electron chi connectivity index (χ4n) is 2.87. The Labute approximate surface area is 167 Å². The third-order valence-electron chi connectivity index (χ3n) is 4.71. The molecular weight excluding hydrogens is 364 g/mol. The van der Waals surface area contributed by atoms with Gasteiger partial charge in [0.25, 0.3) is 0 Å². The highest BCUT2D eigenvalue weighted by molar-refractivity contribution is 8.23. The highest BCUT2D eigenvalue weighted by atomic mass is 32.2. The first-order chi connectivity index (χ1) is 12.2. The molecule has 4 nitrogen and oxygen atoms in total. The zero-order valence-corrected chi connectivity index (χ0v) is 18.1. The minimum absolute atomic E-state index is 0.00740. The first-order valence-corrected chi connectivity index (χ1v) is 10.5. The molecule has 2 rings (SSSR count). The maximum absolute atomic E-state index is 12.4. The van der Waals surface area contributed by atoms with E-state index in [1.807, 2.05) is 18.2 Å². The molecule has 1 saturated heterocycles. The van der Waals surface area contributed by atoms with Crippen molar-refractivity contribution in [2.75, 3.05) is 31.3 Å². The summed E-state index contributed by atoms with van der Waals surface area (Å²) in [6.07, 6.45) is 2.34. The summed E-state index contributed by atoms with van der Waals surface area (Å²) in [5, 5.41) is 2.98. The topological polar surface area (TPSA) is 41.6 Å². The van der Waals surface area contributed by atoms with Crippen LogP contribution in [-0.2, 0) is 10.2 Å². The predicted octanol–water partition coefficient (Wildman–Crippen LogP) is 4.68. The number of hydrogen-bond acceptors (Lipinski definition) is 4. The Balaban J connectivity index is 1.93. The number of methoxy groups -OCH3 is 1. The first kappa shape index (κ1) is 21.0. The Bertz CT molecular complexity index is 648. The number of nitrogens with one attached hydrogen (secondary N) is 1. The van der Waals surface area contributed by atoms with Gasteiger partial charge in [0.2, 0.25) is 5.91 Å². The molecule has 1 aliphatic rings. The molecule has 0 aromatic heterocycles. The fraction of sp³-hybridized carbons (Fsp3) is 0.600. The molecule has 1 amide bonds. The number of hydrogen-bond donors (Lipinski definition) is 1. The zero-order chi connectivity index (χ0) is 19.3.